The van der Waals surface area contributed by atoms with Crippen molar-refractivity contribution in [1.29, 1.82) is 5.26 Å². The number of aromatic hydroxyl groups is 1. The Labute approximate surface area is 82.0 Å². The molecular formula is C12H9NO. The summed E-state index contributed by atoms with van der Waals surface area (Å²) in [7, 11) is 0. The summed E-state index contributed by atoms with van der Waals surface area (Å²) in [5.74, 6) is 0.169. The van der Waals surface area contributed by atoms with Gasteiger partial charge in [0.05, 0.1) is 11.6 Å². The van der Waals surface area contributed by atoms with E-state index in [0.29, 0.717) is 5.56 Å². The molecule has 0 aliphatic heterocycles. The molecule has 0 radical (unpaired) electrons. The number of phenols is 1. The molecule has 68 valence electrons. The lowest BCUT2D eigenvalue weighted by Crippen LogP contribution is -1.80. The summed E-state index contributed by atoms with van der Waals surface area (Å²) in [6.45, 7) is 1.97. The quantitative estimate of drug-likeness (QED) is 0.682. The molecule has 2 aromatic rings. The van der Waals surface area contributed by atoms with E-state index in [4.69, 9.17) is 5.26 Å². The first kappa shape index (κ1) is 8.58. The Morgan fingerprint density at radius 1 is 1.21 bits per heavy atom. The van der Waals surface area contributed by atoms with Crippen molar-refractivity contribution in [2.75, 3.05) is 0 Å². The Morgan fingerprint density at radius 2 is 2.00 bits per heavy atom. The van der Waals surface area contributed by atoms with E-state index in [1.54, 1.807) is 6.07 Å². The van der Waals surface area contributed by atoms with Crippen LogP contribution in [0.1, 0.15) is 11.1 Å². The van der Waals surface area contributed by atoms with Gasteiger partial charge in [-0.25, -0.2) is 0 Å². The van der Waals surface area contributed by atoms with Gasteiger partial charge < -0.3 is 5.11 Å². The second kappa shape index (κ2) is 3.04. The van der Waals surface area contributed by atoms with Gasteiger partial charge in [-0.15, -0.1) is 0 Å². The molecular weight excluding hydrogens is 174 g/mol. The first-order chi connectivity index (χ1) is 6.70. The minimum absolute atomic E-state index is 0.169. The molecule has 0 heterocycles. The second-order valence-electron chi connectivity index (χ2n) is 3.33. The Hall–Kier alpha value is -2.01. The van der Waals surface area contributed by atoms with Crippen molar-refractivity contribution in [1.82, 2.24) is 0 Å². The summed E-state index contributed by atoms with van der Waals surface area (Å²) >= 11 is 0. The van der Waals surface area contributed by atoms with E-state index in [0.717, 1.165) is 16.3 Å². The van der Waals surface area contributed by atoms with Crippen molar-refractivity contribution in [3.63, 3.8) is 0 Å². The fourth-order valence-corrected chi connectivity index (χ4v) is 1.52. The van der Waals surface area contributed by atoms with Crippen LogP contribution in [0, 0.1) is 18.3 Å². The normalized spacial score (nSPS) is 10.0. The highest BCUT2D eigenvalue weighted by molar-refractivity contribution is 5.89. The summed E-state index contributed by atoms with van der Waals surface area (Å²) in [6, 6.07) is 11.1. The van der Waals surface area contributed by atoms with Gasteiger partial charge >= 0.3 is 0 Å². The third kappa shape index (κ3) is 1.29. The predicted molar refractivity (Wildman–Crippen MR) is 55.1 cm³/mol. The Kier molecular flexibility index (Phi) is 1.86. The van der Waals surface area contributed by atoms with Crippen molar-refractivity contribution in [3.05, 3.63) is 41.5 Å². The fraction of sp³-hybridized carbons (Fsp3) is 0.0833. The van der Waals surface area contributed by atoms with Crippen molar-refractivity contribution >= 4 is 10.8 Å². The van der Waals surface area contributed by atoms with E-state index in [-0.39, 0.29) is 5.75 Å². The largest absolute Gasteiger partial charge is 0.507 e. The Balaban J connectivity index is 2.84. The minimum atomic E-state index is 0.169. The molecule has 0 spiro atoms. The molecule has 0 fully saturated rings. The zero-order valence-corrected chi connectivity index (χ0v) is 7.78. The predicted octanol–water partition coefficient (Wildman–Crippen LogP) is 2.73. The maximum atomic E-state index is 9.66. The van der Waals surface area contributed by atoms with Crippen LogP contribution in [-0.4, -0.2) is 5.11 Å². The maximum Gasteiger partial charge on any atom is 0.124 e. The SMILES string of the molecule is Cc1ccc2cc(C#N)cc(O)c2c1. The van der Waals surface area contributed by atoms with Crippen LogP contribution in [0.2, 0.25) is 0 Å². The lowest BCUT2D eigenvalue weighted by Gasteiger charge is -2.02. The number of nitriles is 1. The smallest absolute Gasteiger partial charge is 0.124 e. The zero-order chi connectivity index (χ0) is 10.1. The highest BCUT2D eigenvalue weighted by Gasteiger charge is 2.02. The standard InChI is InChI=1S/C12H9NO/c1-8-2-3-10-5-9(7-13)6-12(14)11(10)4-8/h2-6,14H,1H3. The van der Waals surface area contributed by atoms with Crippen molar-refractivity contribution in [3.8, 4) is 11.8 Å². The molecule has 14 heavy (non-hydrogen) atoms. The maximum absolute atomic E-state index is 9.66. The number of hydrogen-bond donors (Lipinski definition) is 1. The lowest BCUT2D eigenvalue weighted by molar-refractivity contribution is 0.481. The Bertz CT molecular complexity index is 538. The van der Waals surface area contributed by atoms with Crippen LogP contribution in [0.3, 0.4) is 0 Å². The summed E-state index contributed by atoms with van der Waals surface area (Å²) in [5.41, 5.74) is 1.58. The first-order valence-corrected chi connectivity index (χ1v) is 4.34. The molecule has 1 N–H and O–H groups in total. The molecule has 0 unspecified atom stereocenters. The van der Waals surface area contributed by atoms with Crippen LogP contribution in [0.4, 0.5) is 0 Å². The van der Waals surface area contributed by atoms with Crippen molar-refractivity contribution < 1.29 is 5.11 Å². The number of rotatable bonds is 0. The molecule has 0 aliphatic carbocycles. The fourth-order valence-electron chi connectivity index (χ4n) is 1.52. The molecule has 0 saturated heterocycles. The van der Waals surface area contributed by atoms with Gasteiger partial charge in [-0.2, -0.15) is 5.26 Å². The van der Waals surface area contributed by atoms with Crippen LogP contribution < -0.4 is 0 Å². The van der Waals surface area contributed by atoms with E-state index in [1.807, 2.05) is 31.2 Å². The summed E-state index contributed by atoms with van der Waals surface area (Å²) in [5, 5.41) is 20.1. The second-order valence-corrected chi connectivity index (χ2v) is 3.33. The number of benzene rings is 2. The number of nitrogens with zero attached hydrogens (tertiary/aromatic N) is 1. The highest BCUT2D eigenvalue weighted by Crippen LogP contribution is 2.26. The van der Waals surface area contributed by atoms with Gasteiger partial charge in [0.1, 0.15) is 5.75 Å². The van der Waals surface area contributed by atoms with Gasteiger partial charge in [-0.3, -0.25) is 0 Å². The summed E-state index contributed by atoms with van der Waals surface area (Å²) in [4.78, 5) is 0. The van der Waals surface area contributed by atoms with Crippen LogP contribution in [0.15, 0.2) is 30.3 Å². The van der Waals surface area contributed by atoms with Gasteiger partial charge in [0, 0.05) is 5.39 Å². The molecule has 0 bridgehead atoms. The van der Waals surface area contributed by atoms with Crippen molar-refractivity contribution in [2.45, 2.75) is 6.92 Å². The van der Waals surface area contributed by atoms with Crippen LogP contribution >= 0.6 is 0 Å². The minimum Gasteiger partial charge on any atom is -0.507 e. The topological polar surface area (TPSA) is 44.0 Å². The van der Waals surface area contributed by atoms with E-state index in [2.05, 4.69) is 0 Å². The van der Waals surface area contributed by atoms with Gasteiger partial charge in [-0.1, -0.05) is 17.7 Å². The zero-order valence-electron chi connectivity index (χ0n) is 7.78. The summed E-state index contributed by atoms with van der Waals surface area (Å²) in [6.07, 6.45) is 0. The van der Waals surface area contributed by atoms with Gasteiger partial charge in [0.2, 0.25) is 0 Å². The number of phenolic OH excluding ortho intramolecular Hbond substituents is 1. The van der Waals surface area contributed by atoms with E-state index < -0.39 is 0 Å². The molecule has 0 amide bonds. The molecule has 0 saturated carbocycles. The van der Waals surface area contributed by atoms with E-state index in [1.165, 1.54) is 6.07 Å². The number of fused-ring (bicyclic) bond motifs is 1. The average molecular weight is 183 g/mol. The number of aryl methyl sites for hydroxylation is 1. The molecule has 0 atom stereocenters. The molecule has 2 aromatic carbocycles. The van der Waals surface area contributed by atoms with Crippen LogP contribution in [0.25, 0.3) is 10.8 Å². The van der Waals surface area contributed by atoms with Gasteiger partial charge in [-0.05, 0) is 30.5 Å². The van der Waals surface area contributed by atoms with Crippen molar-refractivity contribution in [2.24, 2.45) is 0 Å². The van der Waals surface area contributed by atoms with E-state index >= 15 is 0 Å². The van der Waals surface area contributed by atoms with E-state index in [9.17, 15) is 5.11 Å². The van der Waals surface area contributed by atoms with Gasteiger partial charge in [0.25, 0.3) is 0 Å². The summed E-state index contributed by atoms with van der Waals surface area (Å²) < 4.78 is 0. The van der Waals surface area contributed by atoms with Gasteiger partial charge in [0.15, 0.2) is 0 Å². The van der Waals surface area contributed by atoms with Crippen LogP contribution in [0.5, 0.6) is 5.75 Å². The lowest BCUT2D eigenvalue weighted by atomic mass is 10.0. The average Bonchev–Trinajstić information content (AvgIpc) is 2.19. The molecule has 2 rings (SSSR count). The molecule has 0 aliphatic rings. The molecule has 0 aromatic heterocycles. The third-order valence-electron chi connectivity index (χ3n) is 2.22. The number of hydrogen-bond acceptors (Lipinski definition) is 2. The first-order valence-electron chi connectivity index (χ1n) is 4.34. The van der Waals surface area contributed by atoms with Crippen LogP contribution in [-0.2, 0) is 0 Å². The molecule has 2 heteroatoms. The Morgan fingerprint density at radius 3 is 2.71 bits per heavy atom. The molecule has 2 nitrogen and oxygen atoms in total. The monoisotopic (exact) mass is 183 g/mol. The highest BCUT2D eigenvalue weighted by atomic mass is 16.3. The third-order valence-corrected chi connectivity index (χ3v) is 2.22.